The van der Waals surface area contributed by atoms with Crippen LogP contribution >= 0.6 is 0 Å². The second kappa shape index (κ2) is 8.44. The van der Waals surface area contributed by atoms with Crippen molar-refractivity contribution in [3.63, 3.8) is 0 Å². The number of rotatable bonds is 6. The number of nitrogens with one attached hydrogen (secondary N) is 2. The maximum Gasteiger partial charge on any atom is 0.313 e. The molecule has 0 saturated carbocycles. The van der Waals surface area contributed by atoms with Gasteiger partial charge < -0.3 is 15.7 Å². The zero-order chi connectivity index (χ0) is 18.3. The largest absolute Gasteiger partial charge is 0.388 e. The van der Waals surface area contributed by atoms with Gasteiger partial charge in [0.1, 0.15) is 0 Å². The smallest absolute Gasteiger partial charge is 0.313 e. The van der Waals surface area contributed by atoms with E-state index in [4.69, 9.17) is 0 Å². The monoisotopic (exact) mass is 340 g/mol. The molecule has 5 heteroatoms. The molecule has 0 unspecified atom stereocenters. The van der Waals surface area contributed by atoms with E-state index in [1.165, 1.54) is 0 Å². The lowest BCUT2D eigenvalue weighted by Crippen LogP contribution is -2.45. The second-order valence-corrected chi connectivity index (χ2v) is 5.98. The summed E-state index contributed by atoms with van der Waals surface area (Å²) in [4.78, 5) is 24.2. The highest BCUT2D eigenvalue weighted by atomic mass is 16.3. The Balaban J connectivity index is 2.07. The highest BCUT2D eigenvalue weighted by Crippen LogP contribution is 2.27. The number of anilines is 1. The van der Waals surface area contributed by atoms with E-state index in [1.807, 2.05) is 56.3 Å². The summed E-state index contributed by atoms with van der Waals surface area (Å²) in [6.45, 7) is 3.73. The summed E-state index contributed by atoms with van der Waals surface area (Å²) in [6.07, 6.45) is 1.00. The predicted octanol–water partition coefficient (Wildman–Crippen LogP) is 2.96. The van der Waals surface area contributed by atoms with Crippen LogP contribution in [0.15, 0.2) is 54.6 Å². The molecule has 5 nitrogen and oxygen atoms in total. The van der Waals surface area contributed by atoms with Gasteiger partial charge in [0.25, 0.3) is 0 Å². The summed E-state index contributed by atoms with van der Waals surface area (Å²) in [6, 6.07) is 16.9. The standard InChI is InChI=1S/C20H24N2O3/c1-3-20(25,4-2)14-21-18(23)19(24)22-17-13-9-8-12-16(17)15-10-6-5-7-11-15/h5-13,25H,3-4,14H2,1-2H3,(H,21,23)(H,22,24). The van der Waals surface area contributed by atoms with Gasteiger partial charge >= 0.3 is 11.8 Å². The molecular weight excluding hydrogens is 316 g/mol. The van der Waals surface area contributed by atoms with Crippen molar-refractivity contribution in [1.82, 2.24) is 5.32 Å². The van der Waals surface area contributed by atoms with E-state index < -0.39 is 17.4 Å². The van der Waals surface area contributed by atoms with Crippen molar-refractivity contribution < 1.29 is 14.7 Å². The Morgan fingerprint density at radius 2 is 1.52 bits per heavy atom. The topological polar surface area (TPSA) is 78.4 Å². The number of aliphatic hydroxyl groups is 1. The number of amides is 2. The fourth-order valence-corrected chi connectivity index (χ4v) is 2.47. The Labute approximate surface area is 148 Å². The third-order valence-electron chi connectivity index (χ3n) is 4.36. The fourth-order valence-electron chi connectivity index (χ4n) is 2.47. The van der Waals surface area contributed by atoms with Crippen molar-refractivity contribution in [2.24, 2.45) is 0 Å². The molecule has 0 saturated heterocycles. The number of hydrogen-bond acceptors (Lipinski definition) is 3. The van der Waals surface area contributed by atoms with Crippen LogP contribution in [0.5, 0.6) is 0 Å². The molecule has 25 heavy (non-hydrogen) atoms. The molecule has 0 aliphatic heterocycles. The fraction of sp³-hybridized carbons (Fsp3) is 0.300. The van der Waals surface area contributed by atoms with Crippen LogP contribution in [0.2, 0.25) is 0 Å². The summed E-state index contributed by atoms with van der Waals surface area (Å²) in [7, 11) is 0. The number of hydrogen-bond donors (Lipinski definition) is 3. The van der Waals surface area contributed by atoms with Crippen LogP contribution < -0.4 is 10.6 Å². The molecule has 0 fully saturated rings. The lowest BCUT2D eigenvalue weighted by molar-refractivity contribution is -0.136. The van der Waals surface area contributed by atoms with Crippen LogP contribution in [0.3, 0.4) is 0 Å². The molecule has 0 bridgehead atoms. The maximum atomic E-state index is 12.2. The molecule has 2 aromatic carbocycles. The molecule has 132 valence electrons. The van der Waals surface area contributed by atoms with E-state index in [-0.39, 0.29) is 6.54 Å². The molecule has 2 aromatic rings. The Hall–Kier alpha value is -2.66. The normalized spacial score (nSPS) is 11.0. The van der Waals surface area contributed by atoms with Gasteiger partial charge in [-0.25, -0.2) is 0 Å². The van der Waals surface area contributed by atoms with Gasteiger partial charge in [-0.15, -0.1) is 0 Å². The highest BCUT2D eigenvalue weighted by Gasteiger charge is 2.24. The van der Waals surface area contributed by atoms with Crippen LogP contribution in [0.25, 0.3) is 11.1 Å². The molecular formula is C20H24N2O3. The lowest BCUT2D eigenvalue weighted by atomic mass is 9.98. The summed E-state index contributed by atoms with van der Waals surface area (Å²) in [5.74, 6) is -1.51. The third kappa shape index (κ3) is 4.90. The molecule has 0 atom stereocenters. The molecule has 0 aromatic heterocycles. The van der Waals surface area contributed by atoms with Gasteiger partial charge in [-0.2, -0.15) is 0 Å². The van der Waals surface area contributed by atoms with Gasteiger partial charge in [0.05, 0.1) is 5.60 Å². The average Bonchev–Trinajstić information content (AvgIpc) is 2.67. The van der Waals surface area contributed by atoms with Crippen LogP contribution in [-0.4, -0.2) is 29.1 Å². The molecule has 0 radical (unpaired) electrons. The Bertz CT molecular complexity index is 725. The van der Waals surface area contributed by atoms with Crippen molar-refractivity contribution in [2.75, 3.05) is 11.9 Å². The van der Waals surface area contributed by atoms with Gasteiger partial charge in [0, 0.05) is 17.8 Å². The number of carbonyl (C=O) groups is 2. The number of benzene rings is 2. The third-order valence-corrected chi connectivity index (χ3v) is 4.36. The summed E-state index contributed by atoms with van der Waals surface area (Å²) < 4.78 is 0. The summed E-state index contributed by atoms with van der Waals surface area (Å²) in [5, 5.41) is 15.3. The van der Waals surface area contributed by atoms with Crippen LogP contribution in [-0.2, 0) is 9.59 Å². The first-order chi connectivity index (χ1) is 12.0. The van der Waals surface area contributed by atoms with Crippen molar-refractivity contribution in [1.29, 1.82) is 0 Å². The van der Waals surface area contributed by atoms with Crippen molar-refractivity contribution in [3.8, 4) is 11.1 Å². The zero-order valence-corrected chi connectivity index (χ0v) is 14.6. The van der Waals surface area contributed by atoms with Gasteiger partial charge in [-0.3, -0.25) is 9.59 Å². The first-order valence-electron chi connectivity index (χ1n) is 8.45. The zero-order valence-electron chi connectivity index (χ0n) is 14.6. The number of carbonyl (C=O) groups excluding carboxylic acids is 2. The Morgan fingerprint density at radius 1 is 0.920 bits per heavy atom. The molecule has 0 aliphatic carbocycles. The highest BCUT2D eigenvalue weighted by molar-refractivity contribution is 6.40. The van der Waals surface area contributed by atoms with Crippen molar-refractivity contribution in [3.05, 3.63) is 54.6 Å². The van der Waals surface area contributed by atoms with Crippen LogP contribution in [0.4, 0.5) is 5.69 Å². The van der Waals surface area contributed by atoms with Gasteiger partial charge in [-0.05, 0) is 24.5 Å². The molecule has 2 rings (SSSR count). The van der Waals surface area contributed by atoms with Gasteiger partial charge in [0.2, 0.25) is 0 Å². The maximum absolute atomic E-state index is 12.2. The molecule has 3 N–H and O–H groups in total. The van der Waals surface area contributed by atoms with E-state index in [1.54, 1.807) is 12.1 Å². The van der Waals surface area contributed by atoms with Crippen LogP contribution in [0, 0.1) is 0 Å². The van der Waals surface area contributed by atoms with E-state index >= 15 is 0 Å². The lowest BCUT2D eigenvalue weighted by Gasteiger charge is -2.25. The quantitative estimate of drug-likeness (QED) is 0.708. The van der Waals surface area contributed by atoms with Gasteiger partial charge in [-0.1, -0.05) is 62.4 Å². The minimum Gasteiger partial charge on any atom is -0.388 e. The number of para-hydroxylation sites is 1. The summed E-state index contributed by atoms with van der Waals surface area (Å²) >= 11 is 0. The van der Waals surface area contributed by atoms with E-state index in [0.717, 1.165) is 11.1 Å². The van der Waals surface area contributed by atoms with E-state index in [0.29, 0.717) is 18.5 Å². The van der Waals surface area contributed by atoms with Crippen LogP contribution in [0.1, 0.15) is 26.7 Å². The predicted molar refractivity (Wildman–Crippen MR) is 99.0 cm³/mol. The van der Waals surface area contributed by atoms with E-state index in [2.05, 4.69) is 10.6 Å². The second-order valence-electron chi connectivity index (χ2n) is 5.98. The van der Waals surface area contributed by atoms with E-state index in [9.17, 15) is 14.7 Å². The van der Waals surface area contributed by atoms with Crippen molar-refractivity contribution in [2.45, 2.75) is 32.3 Å². The van der Waals surface area contributed by atoms with Gasteiger partial charge in [0.15, 0.2) is 0 Å². The summed E-state index contributed by atoms with van der Waals surface area (Å²) in [5.41, 5.74) is 1.36. The minimum atomic E-state index is -0.988. The molecule has 2 amide bonds. The Kier molecular flexibility index (Phi) is 6.31. The van der Waals surface area contributed by atoms with Crippen molar-refractivity contribution >= 4 is 17.5 Å². The molecule has 0 aliphatic rings. The minimum absolute atomic E-state index is 0.0482. The average molecular weight is 340 g/mol. The Morgan fingerprint density at radius 3 is 2.16 bits per heavy atom. The first-order valence-corrected chi connectivity index (χ1v) is 8.45. The molecule has 0 spiro atoms. The SMILES string of the molecule is CCC(O)(CC)CNC(=O)C(=O)Nc1ccccc1-c1ccccc1. The first kappa shape index (κ1) is 18.7. The molecule has 0 heterocycles.